The monoisotopic (exact) mass is 449 g/mol. The lowest BCUT2D eigenvalue weighted by atomic mass is 10.1. The summed E-state index contributed by atoms with van der Waals surface area (Å²) in [4.78, 5) is 12.1. The molecule has 0 radical (unpaired) electrons. The van der Waals surface area contributed by atoms with E-state index in [0.29, 0.717) is 18.2 Å². The normalized spacial score (nSPS) is 15.0. The topological polar surface area (TPSA) is 55.3 Å². The average Bonchev–Trinajstić information content (AvgIpc) is 3.12. The van der Waals surface area contributed by atoms with Crippen molar-refractivity contribution in [3.8, 4) is 0 Å². The van der Waals surface area contributed by atoms with Crippen molar-refractivity contribution in [1.82, 2.24) is 9.88 Å². The molecule has 1 aromatic carbocycles. The van der Waals surface area contributed by atoms with Crippen LogP contribution in [0.2, 0.25) is 0 Å². The zero-order valence-electron chi connectivity index (χ0n) is 20.6. The minimum Gasteiger partial charge on any atom is -0.463 e. The zero-order chi connectivity index (χ0) is 24.1. The molecule has 2 aromatic rings. The summed E-state index contributed by atoms with van der Waals surface area (Å²) in [5, 5.41) is 8.33. The predicted octanol–water partition coefficient (Wildman–Crippen LogP) is 6.10. The molecule has 3 rings (SSSR count). The van der Waals surface area contributed by atoms with Gasteiger partial charge in [-0.25, -0.2) is 4.79 Å². The van der Waals surface area contributed by atoms with Crippen molar-refractivity contribution in [1.29, 1.82) is 0 Å². The van der Waals surface area contributed by atoms with E-state index in [1.54, 1.807) is 6.08 Å². The molecule has 0 unspecified atom stereocenters. The molecule has 1 saturated heterocycles. The maximum atomic E-state index is 12.1. The molecule has 0 saturated carbocycles. The van der Waals surface area contributed by atoms with E-state index >= 15 is 0 Å². The molecule has 1 aliphatic rings. The van der Waals surface area contributed by atoms with Crippen LogP contribution in [0.25, 0.3) is 17.0 Å². The quantitative estimate of drug-likeness (QED) is 0.291. The van der Waals surface area contributed by atoms with Crippen LogP contribution in [-0.4, -0.2) is 36.3 Å². The lowest BCUT2D eigenvalue weighted by Gasteiger charge is -2.26. The van der Waals surface area contributed by atoms with Crippen LogP contribution in [0.15, 0.2) is 66.8 Å². The fraction of sp³-hybridized carbons (Fsp3) is 0.393. The number of carbonyl (C=O) groups is 1. The van der Waals surface area contributed by atoms with Gasteiger partial charge in [-0.3, -0.25) is 0 Å². The molecule has 2 heterocycles. The molecule has 0 spiro atoms. The Morgan fingerprint density at radius 2 is 1.94 bits per heavy atom. The smallest absolute Gasteiger partial charge is 0.333 e. The van der Waals surface area contributed by atoms with Crippen molar-refractivity contribution in [2.24, 2.45) is 0 Å². The molecular formula is C28H39N3O2. The number of nitrogens with zero attached hydrogens (tertiary/aromatic N) is 1. The molecule has 5 heteroatoms. The fourth-order valence-electron chi connectivity index (χ4n) is 3.89. The third-order valence-electron chi connectivity index (χ3n) is 5.52. The van der Waals surface area contributed by atoms with E-state index in [0.717, 1.165) is 49.2 Å². The molecule has 33 heavy (non-hydrogen) atoms. The third-order valence-corrected chi connectivity index (χ3v) is 5.52. The zero-order valence-corrected chi connectivity index (χ0v) is 20.6. The first-order valence-electron chi connectivity index (χ1n) is 11.9. The summed E-state index contributed by atoms with van der Waals surface area (Å²) < 4.78 is 7.48. The maximum Gasteiger partial charge on any atom is 0.333 e. The molecule has 178 valence electrons. The SMILES string of the molecule is C=C/C=C\C=C/C.CCOC(=O)/C(C)=C/c1c(NC2CCNCC2)n(CC)c2ccccc12. The van der Waals surface area contributed by atoms with Gasteiger partial charge in [-0.2, -0.15) is 0 Å². The van der Waals surface area contributed by atoms with Crippen LogP contribution in [-0.2, 0) is 16.1 Å². The van der Waals surface area contributed by atoms with Gasteiger partial charge in [0.2, 0.25) is 0 Å². The molecule has 2 N–H and O–H groups in total. The van der Waals surface area contributed by atoms with Crippen LogP contribution in [0.1, 0.15) is 46.1 Å². The van der Waals surface area contributed by atoms with Crippen molar-refractivity contribution >= 4 is 28.8 Å². The molecule has 0 bridgehead atoms. The van der Waals surface area contributed by atoms with Crippen molar-refractivity contribution < 1.29 is 9.53 Å². The van der Waals surface area contributed by atoms with Gasteiger partial charge in [0.15, 0.2) is 0 Å². The number of hydrogen-bond acceptors (Lipinski definition) is 4. The highest BCUT2D eigenvalue weighted by Gasteiger charge is 2.20. The van der Waals surface area contributed by atoms with Crippen molar-refractivity contribution in [2.75, 3.05) is 25.0 Å². The Morgan fingerprint density at radius 1 is 1.21 bits per heavy atom. The highest BCUT2D eigenvalue weighted by Crippen LogP contribution is 2.33. The lowest BCUT2D eigenvalue weighted by Crippen LogP contribution is -2.36. The molecule has 0 amide bonds. The number of ether oxygens (including phenoxy) is 1. The Labute approximate surface area is 198 Å². The molecule has 5 nitrogen and oxygen atoms in total. The predicted molar refractivity (Wildman–Crippen MR) is 142 cm³/mol. The minimum atomic E-state index is -0.256. The number of carbonyl (C=O) groups excluding carboxylic acids is 1. The number of para-hydroxylation sites is 1. The molecular weight excluding hydrogens is 410 g/mol. The Balaban J connectivity index is 0.000000479. The first-order valence-corrected chi connectivity index (χ1v) is 11.9. The summed E-state index contributed by atoms with van der Waals surface area (Å²) in [6.45, 7) is 14.6. The number of anilines is 1. The summed E-state index contributed by atoms with van der Waals surface area (Å²) in [5.41, 5.74) is 2.89. The highest BCUT2D eigenvalue weighted by atomic mass is 16.5. The number of nitrogens with one attached hydrogen (secondary N) is 2. The van der Waals surface area contributed by atoms with E-state index in [1.807, 2.05) is 57.2 Å². The van der Waals surface area contributed by atoms with E-state index in [9.17, 15) is 4.79 Å². The van der Waals surface area contributed by atoms with Crippen LogP contribution >= 0.6 is 0 Å². The standard InChI is InChI=1S/C21H29N3O2.C7H10/c1-4-24-19-9-7-6-8-17(19)18(14-15(3)21(25)26-5-2)20(24)23-16-10-12-22-13-11-16;1-3-5-7-6-4-2/h6-9,14,16,22-23H,4-5,10-13H2,1-3H3;3-7H,1H2,2H3/b15-14+;6-4-,7-5-. The largest absolute Gasteiger partial charge is 0.463 e. The molecule has 1 fully saturated rings. The first-order chi connectivity index (χ1) is 16.1. The number of aryl methyl sites for hydroxylation is 1. The van der Waals surface area contributed by atoms with Crippen LogP contribution in [0.5, 0.6) is 0 Å². The van der Waals surface area contributed by atoms with Crippen molar-refractivity contribution in [3.05, 3.63) is 72.4 Å². The Morgan fingerprint density at radius 3 is 2.58 bits per heavy atom. The van der Waals surface area contributed by atoms with Crippen LogP contribution in [0.4, 0.5) is 5.82 Å². The van der Waals surface area contributed by atoms with E-state index in [2.05, 4.69) is 46.9 Å². The Hall–Kier alpha value is -3.05. The Bertz CT molecular complexity index is 992. The summed E-state index contributed by atoms with van der Waals surface area (Å²) in [5.74, 6) is 0.845. The number of fused-ring (bicyclic) bond motifs is 1. The number of piperidine rings is 1. The minimum absolute atomic E-state index is 0.256. The van der Waals surface area contributed by atoms with Gasteiger partial charge in [-0.1, -0.05) is 55.2 Å². The number of esters is 1. The van der Waals surface area contributed by atoms with Crippen LogP contribution in [0.3, 0.4) is 0 Å². The number of benzene rings is 1. The van der Waals surface area contributed by atoms with Crippen LogP contribution in [0, 0.1) is 0 Å². The van der Waals surface area contributed by atoms with Gasteiger partial charge in [0.25, 0.3) is 0 Å². The van der Waals surface area contributed by atoms with Gasteiger partial charge in [0, 0.05) is 29.1 Å². The first kappa shape index (κ1) is 26.2. The second-order valence-electron chi connectivity index (χ2n) is 7.89. The van der Waals surface area contributed by atoms with Gasteiger partial charge >= 0.3 is 5.97 Å². The summed E-state index contributed by atoms with van der Waals surface area (Å²) in [7, 11) is 0. The summed E-state index contributed by atoms with van der Waals surface area (Å²) >= 11 is 0. The van der Waals surface area contributed by atoms with E-state index in [1.165, 1.54) is 5.52 Å². The van der Waals surface area contributed by atoms with Gasteiger partial charge in [0.1, 0.15) is 5.82 Å². The maximum absolute atomic E-state index is 12.1. The second-order valence-corrected chi connectivity index (χ2v) is 7.89. The third kappa shape index (κ3) is 7.50. The molecule has 1 aliphatic heterocycles. The number of allylic oxidation sites excluding steroid dienone is 5. The van der Waals surface area contributed by atoms with Gasteiger partial charge in [0.05, 0.1) is 12.1 Å². The summed E-state index contributed by atoms with van der Waals surface area (Å²) in [6, 6.07) is 8.83. The highest BCUT2D eigenvalue weighted by molar-refractivity contribution is 6.01. The van der Waals surface area contributed by atoms with Gasteiger partial charge < -0.3 is 19.9 Å². The number of rotatable bonds is 8. The average molecular weight is 450 g/mol. The van der Waals surface area contributed by atoms with E-state index < -0.39 is 0 Å². The van der Waals surface area contributed by atoms with E-state index in [-0.39, 0.29) is 5.97 Å². The summed E-state index contributed by atoms with van der Waals surface area (Å²) in [6.07, 6.45) is 13.7. The second kappa shape index (κ2) is 14.2. The Kier molecular flexibility index (Phi) is 11.3. The van der Waals surface area contributed by atoms with Crippen molar-refractivity contribution in [2.45, 2.75) is 53.1 Å². The molecule has 0 atom stereocenters. The molecule has 0 aliphatic carbocycles. The van der Waals surface area contributed by atoms with Gasteiger partial charge in [-0.15, -0.1) is 0 Å². The van der Waals surface area contributed by atoms with Crippen molar-refractivity contribution in [3.63, 3.8) is 0 Å². The number of hydrogen-bond donors (Lipinski definition) is 2. The van der Waals surface area contributed by atoms with Gasteiger partial charge in [-0.05, 0) is 65.8 Å². The molecule has 1 aromatic heterocycles. The lowest BCUT2D eigenvalue weighted by molar-refractivity contribution is -0.138. The van der Waals surface area contributed by atoms with E-state index in [4.69, 9.17) is 4.74 Å². The van der Waals surface area contributed by atoms with Crippen LogP contribution < -0.4 is 10.6 Å². The number of aromatic nitrogens is 1. The fourth-order valence-corrected chi connectivity index (χ4v) is 3.89.